The highest BCUT2D eigenvalue weighted by Crippen LogP contribution is 2.32. The molecule has 0 aliphatic carbocycles. The fourth-order valence-corrected chi connectivity index (χ4v) is 5.29. The summed E-state index contributed by atoms with van der Waals surface area (Å²) < 4.78 is 12.3. The van der Waals surface area contributed by atoms with Crippen LogP contribution in [0.4, 0.5) is 5.82 Å². The molecule has 0 radical (unpaired) electrons. The number of carbonyl (C=O) groups is 1. The van der Waals surface area contributed by atoms with Crippen molar-refractivity contribution in [3.63, 3.8) is 0 Å². The van der Waals surface area contributed by atoms with Crippen LogP contribution in [0.15, 0.2) is 29.2 Å². The minimum absolute atomic E-state index is 0.0915. The molecular formula is C32H55N3O5. The van der Waals surface area contributed by atoms with Crippen molar-refractivity contribution in [3.05, 3.63) is 34.9 Å². The van der Waals surface area contributed by atoms with Crippen molar-refractivity contribution in [1.82, 2.24) is 9.55 Å². The molecule has 40 heavy (non-hydrogen) atoms. The van der Waals surface area contributed by atoms with Crippen LogP contribution in [-0.2, 0) is 14.3 Å². The number of rotatable bonds is 23. The molecule has 1 aromatic heterocycles. The van der Waals surface area contributed by atoms with E-state index in [9.17, 15) is 14.7 Å². The first-order valence-electron chi connectivity index (χ1n) is 16.0. The Morgan fingerprint density at radius 2 is 1.40 bits per heavy atom. The lowest BCUT2D eigenvalue weighted by atomic mass is 10.0. The summed E-state index contributed by atoms with van der Waals surface area (Å²) in [7, 11) is 0. The van der Waals surface area contributed by atoms with E-state index in [2.05, 4.69) is 18.5 Å². The molecule has 8 nitrogen and oxygen atoms in total. The third-order valence-corrected chi connectivity index (χ3v) is 7.85. The largest absolute Gasteiger partial charge is 0.463 e. The number of hydrogen-bond acceptors (Lipinski definition) is 7. The van der Waals surface area contributed by atoms with Crippen LogP contribution in [-0.4, -0.2) is 39.4 Å². The molecule has 2 heterocycles. The van der Waals surface area contributed by atoms with Crippen molar-refractivity contribution in [2.45, 2.75) is 154 Å². The van der Waals surface area contributed by atoms with Crippen LogP contribution in [0, 0.1) is 0 Å². The fraction of sp³-hybridized carbons (Fsp3) is 0.781. The quantitative estimate of drug-likeness (QED) is 0.0839. The van der Waals surface area contributed by atoms with E-state index in [1.165, 1.54) is 120 Å². The van der Waals surface area contributed by atoms with E-state index >= 15 is 0 Å². The number of hydrogen-bond donors (Lipinski definition) is 2. The summed E-state index contributed by atoms with van der Waals surface area (Å²) in [6.07, 6.45) is 24.0. The number of carbonyl (C=O) groups excluding carboxylic acids is 1. The standard InChI is InChI=1S/C32H55N3O5/c1-3-4-5-6-7-8-9-10-11-12-13-14-15-16-17-18-19-20-21-22-29(36)39-25-27-30(37)26(2)31(40-27)35-24-23-28(33)34-32(35)38/h23-24,27,30-31,37H,2-22,25H2,1H3,(H2,33,34,38)/t27-,30?,31-/m1/s1. The van der Waals surface area contributed by atoms with Gasteiger partial charge in [0.25, 0.3) is 0 Å². The summed E-state index contributed by atoms with van der Waals surface area (Å²) in [5, 5.41) is 10.4. The summed E-state index contributed by atoms with van der Waals surface area (Å²) in [4.78, 5) is 27.9. The highest BCUT2D eigenvalue weighted by atomic mass is 16.6. The van der Waals surface area contributed by atoms with E-state index in [4.69, 9.17) is 15.2 Å². The van der Waals surface area contributed by atoms with Gasteiger partial charge in [-0.05, 0) is 12.5 Å². The Morgan fingerprint density at radius 3 is 1.88 bits per heavy atom. The van der Waals surface area contributed by atoms with E-state index in [0.29, 0.717) is 12.0 Å². The zero-order valence-electron chi connectivity index (χ0n) is 25.0. The average molecular weight is 562 g/mol. The van der Waals surface area contributed by atoms with Crippen molar-refractivity contribution in [3.8, 4) is 0 Å². The lowest BCUT2D eigenvalue weighted by molar-refractivity contribution is -0.150. The smallest absolute Gasteiger partial charge is 0.351 e. The number of ether oxygens (including phenoxy) is 2. The van der Waals surface area contributed by atoms with Crippen LogP contribution >= 0.6 is 0 Å². The molecule has 0 aromatic carbocycles. The zero-order chi connectivity index (χ0) is 29.0. The van der Waals surface area contributed by atoms with Gasteiger partial charge >= 0.3 is 11.7 Å². The molecule has 8 heteroatoms. The maximum Gasteiger partial charge on any atom is 0.351 e. The predicted octanol–water partition coefficient (Wildman–Crippen LogP) is 7.01. The van der Waals surface area contributed by atoms with Crippen molar-refractivity contribution >= 4 is 11.8 Å². The molecular weight excluding hydrogens is 506 g/mol. The van der Waals surface area contributed by atoms with Gasteiger partial charge in [-0.2, -0.15) is 4.98 Å². The summed E-state index contributed by atoms with van der Waals surface area (Å²) in [5.41, 5.74) is 5.24. The molecule has 0 amide bonds. The third kappa shape index (κ3) is 13.4. The monoisotopic (exact) mass is 561 g/mol. The summed E-state index contributed by atoms with van der Waals surface area (Å²) >= 11 is 0. The minimum Gasteiger partial charge on any atom is -0.463 e. The highest BCUT2D eigenvalue weighted by molar-refractivity contribution is 5.69. The van der Waals surface area contributed by atoms with Crippen LogP contribution in [0.3, 0.4) is 0 Å². The van der Waals surface area contributed by atoms with E-state index in [1.807, 2.05) is 0 Å². The zero-order valence-corrected chi connectivity index (χ0v) is 25.0. The van der Waals surface area contributed by atoms with Gasteiger partial charge < -0.3 is 20.3 Å². The Kier molecular flexibility index (Phi) is 17.6. The van der Waals surface area contributed by atoms with Gasteiger partial charge in [0.2, 0.25) is 0 Å². The Bertz CT molecular complexity index is 903. The predicted molar refractivity (Wildman–Crippen MR) is 161 cm³/mol. The Labute approximate surface area is 241 Å². The number of nitrogen functional groups attached to an aromatic ring is 1. The van der Waals surface area contributed by atoms with Gasteiger partial charge in [0, 0.05) is 18.2 Å². The first-order valence-corrected chi connectivity index (χ1v) is 16.0. The van der Waals surface area contributed by atoms with Gasteiger partial charge in [-0.25, -0.2) is 4.79 Å². The lowest BCUT2D eigenvalue weighted by Gasteiger charge is -2.15. The van der Waals surface area contributed by atoms with Gasteiger partial charge in [0.05, 0.1) is 0 Å². The van der Waals surface area contributed by atoms with Crippen molar-refractivity contribution in [2.24, 2.45) is 0 Å². The second-order valence-corrected chi connectivity index (χ2v) is 11.4. The first-order chi connectivity index (χ1) is 19.4. The number of nitrogens with two attached hydrogens (primary N) is 1. The molecule has 0 bridgehead atoms. The number of unbranched alkanes of at least 4 members (excludes halogenated alkanes) is 18. The molecule has 0 spiro atoms. The molecule has 2 rings (SSSR count). The van der Waals surface area contributed by atoms with Crippen LogP contribution in [0.1, 0.15) is 142 Å². The van der Waals surface area contributed by atoms with E-state index in [0.717, 1.165) is 19.3 Å². The van der Waals surface area contributed by atoms with Crippen LogP contribution in [0.5, 0.6) is 0 Å². The average Bonchev–Trinajstić information content (AvgIpc) is 3.21. The van der Waals surface area contributed by atoms with Crippen molar-refractivity contribution < 1.29 is 19.4 Å². The second kappa shape index (κ2) is 20.7. The van der Waals surface area contributed by atoms with Crippen molar-refractivity contribution in [1.29, 1.82) is 0 Å². The number of anilines is 1. The van der Waals surface area contributed by atoms with Gasteiger partial charge in [0.15, 0.2) is 6.23 Å². The SMILES string of the molecule is C=C1C(O)[C@@H](COC(=O)CCCCCCCCCCCCCCCCCCCCC)O[C@H]1n1ccc(N)nc1=O. The third-order valence-electron chi connectivity index (χ3n) is 7.85. The molecule has 0 saturated carbocycles. The number of aliphatic hydroxyl groups excluding tert-OH is 1. The molecule has 1 aliphatic rings. The minimum atomic E-state index is -1.04. The number of aromatic nitrogens is 2. The molecule has 228 valence electrons. The molecule has 3 atom stereocenters. The Morgan fingerprint density at radius 1 is 0.925 bits per heavy atom. The first kappa shape index (κ1) is 34.0. The van der Waals surface area contributed by atoms with E-state index < -0.39 is 24.1 Å². The summed E-state index contributed by atoms with van der Waals surface area (Å²) in [6, 6.07) is 1.47. The van der Waals surface area contributed by atoms with Gasteiger partial charge in [0.1, 0.15) is 24.6 Å². The Balaban J connectivity index is 1.39. The van der Waals surface area contributed by atoms with Gasteiger partial charge in [-0.15, -0.1) is 0 Å². The topological polar surface area (TPSA) is 117 Å². The van der Waals surface area contributed by atoms with Gasteiger partial charge in [-0.1, -0.05) is 129 Å². The number of aliphatic hydroxyl groups is 1. The molecule has 3 N–H and O–H groups in total. The lowest BCUT2D eigenvalue weighted by Crippen LogP contribution is -2.29. The van der Waals surface area contributed by atoms with Crippen molar-refractivity contribution in [2.75, 3.05) is 12.3 Å². The summed E-state index contributed by atoms with van der Waals surface area (Å²) in [6.45, 7) is 6.01. The molecule has 1 fully saturated rings. The van der Waals surface area contributed by atoms with Crippen LogP contribution in [0.2, 0.25) is 0 Å². The maximum atomic E-state index is 12.2. The number of nitrogens with zero attached hydrogens (tertiary/aromatic N) is 2. The van der Waals surface area contributed by atoms with E-state index in [1.54, 1.807) is 0 Å². The number of esters is 1. The molecule has 1 saturated heterocycles. The summed E-state index contributed by atoms with van der Waals surface area (Å²) in [5.74, 6) is -0.200. The molecule has 1 aliphatic heterocycles. The molecule has 1 aromatic rings. The van der Waals surface area contributed by atoms with Crippen LogP contribution in [0.25, 0.3) is 0 Å². The molecule has 1 unspecified atom stereocenters. The highest BCUT2D eigenvalue weighted by Gasteiger charge is 2.39. The maximum absolute atomic E-state index is 12.2. The van der Waals surface area contributed by atoms with E-state index in [-0.39, 0.29) is 18.4 Å². The Hall–Kier alpha value is -2.19. The van der Waals surface area contributed by atoms with Gasteiger partial charge in [-0.3, -0.25) is 9.36 Å². The van der Waals surface area contributed by atoms with Crippen LogP contribution < -0.4 is 11.4 Å². The second-order valence-electron chi connectivity index (χ2n) is 11.4. The fourth-order valence-electron chi connectivity index (χ4n) is 5.29. The normalized spacial score (nSPS) is 18.9.